The number of aliphatic hydroxyl groups excluding tert-OH is 1. The number of nitrogens with one attached hydrogen (secondary N) is 1. The lowest BCUT2D eigenvalue weighted by Gasteiger charge is -2.39. The standard InChI is InChI=1S/C9H18N2OS/c12-9-7-13-6-1-8(9)11-4-2-10-3-5-11/h8-10,12H,1-7H2. The molecule has 2 aliphatic rings. The molecule has 2 fully saturated rings. The monoisotopic (exact) mass is 202 g/mol. The second-order valence-corrected chi connectivity index (χ2v) is 4.93. The van der Waals surface area contributed by atoms with Gasteiger partial charge < -0.3 is 10.4 Å². The highest BCUT2D eigenvalue weighted by atomic mass is 32.2. The van der Waals surface area contributed by atoms with E-state index in [-0.39, 0.29) is 6.10 Å². The third-order valence-electron chi connectivity index (χ3n) is 2.91. The van der Waals surface area contributed by atoms with E-state index in [1.54, 1.807) is 0 Å². The first-order valence-electron chi connectivity index (χ1n) is 5.08. The molecule has 2 aliphatic heterocycles. The Morgan fingerprint density at radius 2 is 2.08 bits per heavy atom. The molecule has 2 rings (SSSR count). The molecule has 2 unspecified atom stereocenters. The van der Waals surface area contributed by atoms with Crippen LogP contribution in [0.1, 0.15) is 6.42 Å². The molecule has 3 nitrogen and oxygen atoms in total. The summed E-state index contributed by atoms with van der Waals surface area (Å²) in [5.74, 6) is 2.14. The fraction of sp³-hybridized carbons (Fsp3) is 1.00. The van der Waals surface area contributed by atoms with Crippen LogP contribution in [-0.4, -0.2) is 59.8 Å². The Hall–Kier alpha value is 0.230. The number of thioether (sulfide) groups is 1. The summed E-state index contributed by atoms with van der Waals surface area (Å²) in [5.41, 5.74) is 0. The molecule has 0 amide bonds. The molecule has 2 heterocycles. The minimum atomic E-state index is -0.100. The van der Waals surface area contributed by atoms with Crippen molar-refractivity contribution in [3.63, 3.8) is 0 Å². The van der Waals surface area contributed by atoms with Gasteiger partial charge in [-0.1, -0.05) is 0 Å². The Balaban J connectivity index is 1.88. The molecular formula is C9H18N2OS. The van der Waals surface area contributed by atoms with E-state index < -0.39 is 0 Å². The molecule has 0 saturated carbocycles. The first-order valence-corrected chi connectivity index (χ1v) is 6.24. The van der Waals surface area contributed by atoms with Crippen LogP contribution >= 0.6 is 11.8 Å². The third kappa shape index (κ3) is 2.37. The van der Waals surface area contributed by atoms with Crippen LogP contribution in [0.4, 0.5) is 0 Å². The van der Waals surface area contributed by atoms with Gasteiger partial charge in [-0.25, -0.2) is 0 Å². The number of rotatable bonds is 1. The molecule has 2 atom stereocenters. The van der Waals surface area contributed by atoms with Gasteiger partial charge in [-0.05, 0) is 12.2 Å². The molecular weight excluding hydrogens is 184 g/mol. The zero-order valence-electron chi connectivity index (χ0n) is 7.91. The maximum atomic E-state index is 9.84. The Bertz CT molecular complexity index is 162. The van der Waals surface area contributed by atoms with E-state index in [0.29, 0.717) is 6.04 Å². The SMILES string of the molecule is OC1CSCCC1N1CCNCC1. The van der Waals surface area contributed by atoms with Crippen molar-refractivity contribution >= 4 is 11.8 Å². The van der Waals surface area contributed by atoms with E-state index in [9.17, 15) is 5.11 Å². The van der Waals surface area contributed by atoms with E-state index in [0.717, 1.165) is 38.4 Å². The van der Waals surface area contributed by atoms with Crippen LogP contribution in [0.25, 0.3) is 0 Å². The van der Waals surface area contributed by atoms with Gasteiger partial charge in [0.2, 0.25) is 0 Å². The van der Waals surface area contributed by atoms with Gasteiger partial charge in [-0.3, -0.25) is 4.90 Å². The van der Waals surface area contributed by atoms with Gasteiger partial charge in [0.15, 0.2) is 0 Å². The molecule has 2 N–H and O–H groups in total. The summed E-state index contributed by atoms with van der Waals surface area (Å²) in [6.07, 6.45) is 1.06. The number of piperazine rings is 1. The first-order chi connectivity index (χ1) is 6.38. The van der Waals surface area contributed by atoms with Gasteiger partial charge in [0.1, 0.15) is 0 Å². The summed E-state index contributed by atoms with van der Waals surface area (Å²) in [5, 5.41) is 13.2. The second kappa shape index (κ2) is 4.64. The van der Waals surface area contributed by atoms with Gasteiger partial charge in [0.05, 0.1) is 6.10 Å². The average molecular weight is 202 g/mol. The fourth-order valence-electron chi connectivity index (χ4n) is 2.15. The van der Waals surface area contributed by atoms with Crippen LogP contribution in [0.5, 0.6) is 0 Å². The normalized spacial score (nSPS) is 37.6. The Morgan fingerprint density at radius 1 is 1.31 bits per heavy atom. The highest BCUT2D eigenvalue weighted by Gasteiger charge is 2.29. The summed E-state index contributed by atoms with van der Waals surface area (Å²) in [7, 11) is 0. The quantitative estimate of drug-likeness (QED) is 0.615. The van der Waals surface area contributed by atoms with E-state index in [2.05, 4.69) is 10.2 Å². The highest BCUT2D eigenvalue weighted by molar-refractivity contribution is 7.99. The summed E-state index contributed by atoms with van der Waals surface area (Å²) in [6, 6.07) is 0.434. The van der Waals surface area contributed by atoms with Crippen LogP contribution in [0.15, 0.2) is 0 Å². The van der Waals surface area contributed by atoms with Crippen molar-refractivity contribution in [3.8, 4) is 0 Å². The lowest BCUT2D eigenvalue weighted by Crippen LogP contribution is -2.54. The summed E-state index contributed by atoms with van der Waals surface area (Å²) < 4.78 is 0. The molecule has 2 saturated heterocycles. The van der Waals surface area contributed by atoms with Crippen LogP contribution in [0, 0.1) is 0 Å². The zero-order chi connectivity index (χ0) is 9.10. The van der Waals surface area contributed by atoms with Crippen LogP contribution in [-0.2, 0) is 0 Å². The highest BCUT2D eigenvalue weighted by Crippen LogP contribution is 2.22. The number of hydrogen-bond donors (Lipinski definition) is 2. The van der Waals surface area contributed by atoms with Crippen molar-refractivity contribution in [3.05, 3.63) is 0 Å². The Kier molecular flexibility index (Phi) is 3.49. The van der Waals surface area contributed by atoms with Crippen molar-refractivity contribution in [1.82, 2.24) is 10.2 Å². The van der Waals surface area contributed by atoms with E-state index >= 15 is 0 Å². The molecule has 4 heteroatoms. The predicted molar refractivity (Wildman–Crippen MR) is 56.2 cm³/mol. The largest absolute Gasteiger partial charge is 0.391 e. The molecule has 0 bridgehead atoms. The Labute approximate surface area is 83.9 Å². The summed E-state index contributed by atoms with van der Waals surface area (Å²) in [4.78, 5) is 2.45. The van der Waals surface area contributed by atoms with Gasteiger partial charge in [0, 0.05) is 38.0 Å². The predicted octanol–water partition coefficient (Wildman–Crippen LogP) is -0.242. The molecule has 0 aromatic heterocycles. The molecule has 0 aliphatic carbocycles. The van der Waals surface area contributed by atoms with Crippen molar-refractivity contribution in [2.75, 3.05) is 37.7 Å². The topological polar surface area (TPSA) is 35.5 Å². The zero-order valence-corrected chi connectivity index (χ0v) is 8.72. The molecule has 0 aromatic carbocycles. The maximum absolute atomic E-state index is 9.84. The molecule has 0 aromatic rings. The van der Waals surface area contributed by atoms with Crippen LogP contribution in [0.3, 0.4) is 0 Å². The molecule has 0 radical (unpaired) electrons. The van der Waals surface area contributed by atoms with Gasteiger partial charge in [0.25, 0.3) is 0 Å². The first kappa shape index (κ1) is 9.77. The number of hydrogen-bond acceptors (Lipinski definition) is 4. The molecule has 0 spiro atoms. The van der Waals surface area contributed by atoms with Crippen molar-refractivity contribution in [1.29, 1.82) is 0 Å². The van der Waals surface area contributed by atoms with E-state index in [4.69, 9.17) is 0 Å². The maximum Gasteiger partial charge on any atom is 0.0785 e. The number of nitrogens with zero attached hydrogens (tertiary/aromatic N) is 1. The van der Waals surface area contributed by atoms with E-state index in [1.165, 1.54) is 5.75 Å². The average Bonchev–Trinajstić information content (AvgIpc) is 2.20. The van der Waals surface area contributed by atoms with Gasteiger partial charge in [-0.15, -0.1) is 0 Å². The molecule has 76 valence electrons. The van der Waals surface area contributed by atoms with Gasteiger partial charge in [-0.2, -0.15) is 11.8 Å². The van der Waals surface area contributed by atoms with Crippen LogP contribution in [0.2, 0.25) is 0 Å². The minimum Gasteiger partial charge on any atom is -0.391 e. The third-order valence-corrected chi connectivity index (χ3v) is 4.01. The minimum absolute atomic E-state index is 0.100. The lowest BCUT2D eigenvalue weighted by molar-refractivity contribution is 0.0514. The smallest absolute Gasteiger partial charge is 0.0785 e. The lowest BCUT2D eigenvalue weighted by atomic mass is 10.1. The van der Waals surface area contributed by atoms with Gasteiger partial charge >= 0.3 is 0 Å². The van der Waals surface area contributed by atoms with Crippen molar-refractivity contribution < 1.29 is 5.11 Å². The van der Waals surface area contributed by atoms with Crippen LogP contribution < -0.4 is 5.32 Å². The Morgan fingerprint density at radius 3 is 2.77 bits per heavy atom. The van der Waals surface area contributed by atoms with Crippen molar-refractivity contribution in [2.24, 2.45) is 0 Å². The second-order valence-electron chi connectivity index (χ2n) is 3.78. The van der Waals surface area contributed by atoms with E-state index in [1.807, 2.05) is 11.8 Å². The summed E-state index contributed by atoms with van der Waals surface area (Å²) >= 11 is 1.88. The fourth-order valence-corrected chi connectivity index (χ4v) is 3.19. The number of aliphatic hydroxyl groups is 1. The van der Waals surface area contributed by atoms with Crippen molar-refractivity contribution in [2.45, 2.75) is 18.6 Å². The molecule has 13 heavy (non-hydrogen) atoms. The summed E-state index contributed by atoms with van der Waals surface area (Å²) in [6.45, 7) is 4.37.